The van der Waals surface area contributed by atoms with Gasteiger partial charge in [-0.1, -0.05) is 0 Å². The number of carbonyl (C=O) groups excluding carboxylic acids is 2. The minimum atomic E-state index is -0.364. The standard InChI is InChI=1S/C21H15N5O3/c1-25-20(27)15-11-23-19-17(16(15)21(25)28)18(12-7-9-22-10-8-12)24-26(19)13-3-5-14(29-2)6-4-13/h3-11H,1-2H3. The van der Waals surface area contributed by atoms with Crippen LogP contribution in [0.2, 0.25) is 0 Å². The zero-order valence-electron chi connectivity index (χ0n) is 15.7. The normalized spacial score (nSPS) is 13.2. The van der Waals surface area contributed by atoms with Gasteiger partial charge in [0, 0.05) is 31.2 Å². The number of imide groups is 1. The van der Waals surface area contributed by atoms with Gasteiger partial charge in [-0.2, -0.15) is 5.10 Å². The van der Waals surface area contributed by atoms with E-state index in [0.717, 1.165) is 21.9 Å². The lowest BCUT2D eigenvalue weighted by Gasteiger charge is -2.05. The fourth-order valence-electron chi connectivity index (χ4n) is 3.52. The summed E-state index contributed by atoms with van der Waals surface area (Å²) in [6.45, 7) is 0. The number of hydrogen-bond donors (Lipinski definition) is 0. The van der Waals surface area contributed by atoms with Crippen molar-refractivity contribution in [3.63, 3.8) is 0 Å². The molecule has 8 heteroatoms. The highest BCUT2D eigenvalue weighted by Gasteiger charge is 2.37. The lowest BCUT2D eigenvalue weighted by atomic mass is 10.0. The van der Waals surface area contributed by atoms with Crippen LogP contribution in [0.5, 0.6) is 5.75 Å². The van der Waals surface area contributed by atoms with E-state index in [4.69, 9.17) is 9.84 Å². The number of nitrogens with zero attached hydrogens (tertiary/aromatic N) is 5. The Labute approximate surface area is 165 Å². The molecule has 1 aromatic carbocycles. The van der Waals surface area contributed by atoms with Crippen molar-refractivity contribution >= 4 is 22.8 Å². The fourth-order valence-corrected chi connectivity index (χ4v) is 3.52. The van der Waals surface area contributed by atoms with E-state index in [1.165, 1.54) is 13.2 Å². The first-order valence-electron chi connectivity index (χ1n) is 8.89. The summed E-state index contributed by atoms with van der Waals surface area (Å²) in [7, 11) is 3.07. The van der Waals surface area contributed by atoms with Gasteiger partial charge in [0.25, 0.3) is 11.8 Å². The summed E-state index contributed by atoms with van der Waals surface area (Å²) >= 11 is 0. The third-order valence-corrected chi connectivity index (χ3v) is 5.02. The van der Waals surface area contributed by atoms with Crippen LogP contribution in [0.15, 0.2) is 55.0 Å². The molecule has 0 atom stereocenters. The Morgan fingerprint density at radius 1 is 0.966 bits per heavy atom. The van der Waals surface area contributed by atoms with Crippen LogP contribution in [-0.2, 0) is 0 Å². The van der Waals surface area contributed by atoms with E-state index in [2.05, 4.69) is 9.97 Å². The Morgan fingerprint density at radius 3 is 2.38 bits per heavy atom. The van der Waals surface area contributed by atoms with Crippen molar-refractivity contribution in [1.29, 1.82) is 0 Å². The molecule has 0 unspecified atom stereocenters. The summed E-state index contributed by atoms with van der Waals surface area (Å²) in [5, 5.41) is 5.30. The van der Waals surface area contributed by atoms with Gasteiger partial charge in [-0.05, 0) is 36.4 Å². The topological polar surface area (TPSA) is 90.2 Å². The number of hydrogen-bond acceptors (Lipinski definition) is 6. The number of fused-ring (bicyclic) bond motifs is 3. The predicted molar refractivity (Wildman–Crippen MR) is 105 cm³/mol. The Hall–Kier alpha value is -4.07. The van der Waals surface area contributed by atoms with Gasteiger partial charge in [0.1, 0.15) is 11.4 Å². The molecule has 0 saturated heterocycles. The molecular formula is C21H15N5O3. The third-order valence-electron chi connectivity index (χ3n) is 5.02. The first-order valence-corrected chi connectivity index (χ1v) is 8.89. The smallest absolute Gasteiger partial charge is 0.262 e. The first-order chi connectivity index (χ1) is 14.1. The Bertz CT molecular complexity index is 1280. The maximum atomic E-state index is 12.8. The minimum Gasteiger partial charge on any atom is -0.497 e. The van der Waals surface area contributed by atoms with Gasteiger partial charge in [-0.25, -0.2) is 9.67 Å². The van der Waals surface area contributed by atoms with Crippen molar-refractivity contribution < 1.29 is 14.3 Å². The molecule has 2 amide bonds. The molecule has 0 fully saturated rings. The molecule has 4 heterocycles. The maximum Gasteiger partial charge on any atom is 0.262 e. The van der Waals surface area contributed by atoms with Crippen LogP contribution in [-0.4, -0.2) is 50.6 Å². The number of rotatable bonds is 3. The molecule has 8 nitrogen and oxygen atoms in total. The maximum absolute atomic E-state index is 12.8. The van der Waals surface area contributed by atoms with Gasteiger partial charge in [0.2, 0.25) is 0 Å². The van der Waals surface area contributed by atoms with Crippen LogP contribution in [0, 0.1) is 0 Å². The van der Waals surface area contributed by atoms with Crippen molar-refractivity contribution in [2.45, 2.75) is 0 Å². The zero-order chi connectivity index (χ0) is 20.1. The van der Waals surface area contributed by atoms with Crippen molar-refractivity contribution in [2.75, 3.05) is 14.2 Å². The second kappa shape index (κ2) is 6.23. The molecule has 1 aliphatic rings. The summed E-state index contributed by atoms with van der Waals surface area (Å²) in [6, 6.07) is 11.0. The molecule has 0 radical (unpaired) electrons. The van der Waals surface area contributed by atoms with Crippen molar-refractivity contribution in [2.24, 2.45) is 0 Å². The molecule has 142 valence electrons. The molecule has 3 aromatic heterocycles. The van der Waals surface area contributed by atoms with E-state index in [9.17, 15) is 9.59 Å². The summed E-state index contributed by atoms with van der Waals surface area (Å²) in [4.78, 5) is 35.0. The Morgan fingerprint density at radius 2 is 1.69 bits per heavy atom. The fraction of sp³-hybridized carbons (Fsp3) is 0.0952. The number of pyridine rings is 2. The molecule has 1 aliphatic heterocycles. The van der Waals surface area contributed by atoms with Crippen LogP contribution < -0.4 is 4.74 Å². The second-order valence-corrected chi connectivity index (χ2v) is 6.61. The summed E-state index contributed by atoms with van der Waals surface area (Å²) < 4.78 is 6.89. The molecule has 0 aliphatic carbocycles. The highest BCUT2D eigenvalue weighted by atomic mass is 16.5. The molecule has 4 aromatic rings. The molecule has 5 rings (SSSR count). The largest absolute Gasteiger partial charge is 0.497 e. The number of methoxy groups -OCH3 is 1. The van der Waals surface area contributed by atoms with E-state index in [1.807, 2.05) is 36.4 Å². The molecular weight excluding hydrogens is 370 g/mol. The van der Waals surface area contributed by atoms with Gasteiger partial charge in [0.15, 0.2) is 5.65 Å². The predicted octanol–water partition coefficient (Wildman–Crippen LogP) is 2.72. The number of aromatic nitrogens is 4. The molecule has 0 spiro atoms. The van der Waals surface area contributed by atoms with Crippen molar-refractivity contribution in [1.82, 2.24) is 24.6 Å². The lowest BCUT2D eigenvalue weighted by molar-refractivity contribution is 0.0693. The van der Waals surface area contributed by atoms with Crippen molar-refractivity contribution in [3.8, 4) is 22.7 Å². The first kappa shape index (κ1) is 17.1. The van der Waals surface area contributed by atoms with Gasteiger partial charge < -0.3 is 4.74 Å². The van der Waals surface area contributed by atoms with Crippen LogP contribution >= 0.6 is 0 Å². The van der Waals surface area contributed by atoms with Gasteiger partial charge in [-0.15, -0.1) is 0 Å². The quantitative estimate of drug-likeness (QED) is 0.504. The average Bonchev–Trinajstić information content (AvgIpc) is 3.26. The third kappa shape index (κ3) is 2.42. The Balaban J connectivity index is 1.85. The number of amides is 2. The molecule has 0 N–H and O–H groups in total. The minimum absolute atomic E-state index is 0.287. The Kier molecular flexibility index (Phi) is 3.67. The van der Waals surface area contributed by atoms with Gasteiger partial charge >= 0.3 is 0 Å². The highest BCUT2D eigenvalue weighted by molar-refractivity contribution is 6.27. The lowest BCUT2D eigenvalue weighted by Crippen LogP contribution is -2.24. The van der Waals surface area contributed by atoms with E-state index >= 15 is 0 Å². The van der Waals surface area contributed by atoms with Crippen LogP contribution in [0.4, 0.5) is 0 Å². The van der Waals surface area contributed by atoms with E-state index in [-0.39, 0.29) is 17.4 Å². The summed E-state index contributed by atoms with van der Waals surface area (Å²) in [5.41, 5.74) is 3.22. The van der Waals surface area contributed by atoms with Crippen LogP contribution in [0.1, 0.15) is 20.7 Å². The molecule has 0 bridgehead atoms. The van der Waals surface area contributed by atoms with E-state index < -0.39 is 0 Å². The highest BCUT2D eigenvalue weighted by Crippen LogP contribution is 2.36. The van der Waals surface area contributed by atoms with E-state index in [0.29, 0.717) is 22.3 Å². The average molecular weight is 385 g/mol. The molecule has 29 heavy (non-hydrogen) atoms. The van der Waals surface area contributed by atoms with Gasteiger partial charge in [-0.3, -0.25) is 19.5 Å². The monoisotopic (exact) mass is 385 g/mol. The summed E-state index contributed by atoms with van der Waals surface area (Å²) in [5.74, 6) is -0.00455. The van der Waals surface area contributed by atoms with Crippen LogP contribution in [0.3, 0.4) is 0 Å². The summed E-state index contributed by atoms with van der Waals surface area (Å²) in [6.07, 6.45) is 4.76. The van der Waals surface area contributed by atoms with Crippen molar-refractivity contribution in [3.05, 3.63) is 66.1 Å². The number of benzene rings is 1. The van der Waals surface area contributed by atoms with Gasteiger partial charge in [0.05, 0.1) is 29.3 Å². The second-order valence-electron chi connectivity index (χ2n) is 6.61. The van der Waals surface area contributed by atoms with E-state index in [1.54, 1.807) is 24.2 Å². The number of carbonyl (C=O) groups is 2. The number of ether oxygens (including phenoxy) is 1. The zero-order valence-corrected chi connectivity index (χ0v) is 15.7. The SMILES string of the molecule is COc1ccc(-n2nc(-c3ccncc3)c3c4c(cnc32)C(=O)N(C)C4=O)cc1. The van der Waals surface area contributed by atoms with Crippen LogP contribution in [0.25, 0.3) is 28.0 Å². The molecule has 0 saturated carbocycles.